The van der Waals surface area contributed by atoms with E-state index in [2.05, 4.69) is 0 Å². The summed E-state index contributed by atoms with van der Waals surface area (Å²) in [6, 6.07) is 15.4. The Kier molecular flexibility index (Phi) is 3.18. The molecule has 0 spiro atoms. The smallest absolute Gasteiger partial charge is 0.336 e. The zero-order valence-corrected chi connectivity index (χ0v) is 11.4. The molecule has 0 aliphatic rings. The first-order valence-corrected chi connectivity index (χ1v) is 6.59. The summed E-state index contributed by atoms with van der Waals surface area (Å²) < 4.78 is 13.9. The molecule has 3 aromatic rings. The highest BCUT2D eigenvalue weighted by molar-refractivity contribution is 6.03. The van der Waals surface area contributed by atoms with Gasteiger partial charge in [-0.1, -0.05) is 48.0 Å². The third kappa shape index (κ3) is 2.27. The summed E-state index contributed by atoms with van der Waals surface area (Å²) in [4.78, 5) is 11.5. The summed E-state index contributed by atoms with van der Waals surface area (Å²) in [5.74, 6) is -1.29. The molecule has 0 amide bonds. The third-order valence-corrected chi connectivity index (χ3v) is 3.57. The van der Waals surface area contributed by atoms with Gasteiger partial charge in [-0.2, -0.15) is 0 Å². The van der Waals surface area contributed by atoms with Gasteiger partial charge in [0.15, 0.2) is 0 Å². The molecule has 0 aliphatic heterocycles. The van der Waals surface area contributed by atoms with Gasteiger partial charge in [0.25, 0.3) is 0 Å². The second-order valence-corrected chi connectivity index (χ2v) is 4.99. The lowest BCUT2D eigenvalue weighted by Gasteiger charge is -2.11. The highest BCUT2D eigenvalue weighted by Crippen LogP contribution is 2.32. The van der Waals surface area contributed by atoms with Crippen molar-refractivity contribution in [2.24, 2.45) is 0 Å². The Labute approximate surface area is 121 Å². The van der Waals surface area contributed by atoms with Crippen LogP contribution in [0.25, 0.3) is 21.9 Å². The molecule has 0 saturated carbocycles. The van der Waals surface area contributed by atoms with E-state index in [1.165, 1.54) is 6.07 Å². The minimum Gasteiger partial charge on any atom is -0.478 e. The molecule has 0 unspecified atom stereocenters. The highest BCUT2D eigenvalue weighted by atomic mass is 19.1. The number of carbonyl (C=O) groups is 1. The maximum absolute atomic E-state index is 13.9. The number of benzene rings is 3. The Morgan fingerprint density at radius 2 is 1.62 bits per heavy atom. The Balaban J connectivity index is 2.36. The van der Waals surface area contributed by atoms with Crippen LogP contribution in [0.4, 0.5) is 4.39 Å². The van der Waals surface area contributed by atoms with Crippen LogP contribution in [0.2, 0.25) is 0 Å². The summed E-state index contributed by atoms with van der Waals surface area (Å²) in [7, 11) is 0. The topological polar surface area (TPSA) is 37.3 Å². The molecule has 0 fully saturated rings. The van der Waals surface area contributed by atoms with Crippen LogP contribution < -0.4 is 0 Å². The van der Waals surface area contributed by atoms with Gasteiger partial charge in [0, 0.05) is 5.39 Å². The van der Waals surface area contributed by atoms with Crippen molar-refractivity contribution >= 4 is 16.7 Å². The molecule has 2 nitrogen and oxygen atoms in total. The van der Waals surface area contributed by atoms with E-state index in [9.17, 15) is 14.3 Å². The SMILES string of the molecule is Cc1ccc(-c2ccc(F)c3ccccc23)c(C(=O)O)c1. The minimum absolute atomic E-state index is 0.228. The quantitative estimate of drug-likeness (QED) is 0.741. The van der Waals surface area contributed by atoms with Crippen LogP contribution in [0.5, 0.6) is 0 Å². The van der Waals surface area contributed by atoms with Crippen molar-refractivity contribution < 1.29 is 14.3 Å². The van der Waals surface area contributed by atoms with Gasteiger partial charge < -0.3 is 5.11 Å². The van der Waals surface area contributed by atoms with Crippen LogP contribution in [0.3, 0.4) is 0 Å². The molecule has 3 aromatic carbocycles. The Morgan fingerprint density at radius 3 is 2.33 bits per heavy atom. The van der Waals surface area contributed by atoms with Crippen molar-refractivity contribution in [2.75, 3.05) is 0 Å². The molecule has 0 aromatic heterocycles. The number of hydrogen-bond donors (Lipinski definition) is 1. The van der Waals surface area contributed by atoms with E-state index in [0.717, 1.165) is 11.1 Å². The molecule has 21 heavy (non-hydrogen) atoms. The van der Waals surface area contributed by atoms with Gasteiger partial charge in [-0.05, 0) is 35.6 Å². The van der Waals surface area contributed by atoms with Crippen molar-refractivity contribution in [2.45, 2.75) is 6.92 Å². The molecule has 0 radical (unpaired) electrons. The molecule has 0 saturated heterocycles. The minimum atomic E-state index is -0.984. The number of aryl methyl sites for hydroxylation is 1. The van der Waals surface area contributed by atoms with Crippen LogP contribution in [0.1, 0.15) is 15.9 Å². The molecule has 3 rings (SSSR count). The fourth-order valence-electron chi connectivity index (χ4n) is 2.57. The molecule has 0 bridgehead atoms. The lowest BCUT2D eigenvalue weighted by atomic mass is 9.93. The number of aromatic carboxylic acids is 1. The summed E-state index contributed by atoms with van der Waals surface area (Å²) >= 11 is 0. The van der Waals surface area contributed by atoms with Gasteiger partial charge in [0.2, 0.25) is 0 Å². The number of hydrogen-bond acceptors (Lipinski definition) is 1. The molecule has 1 N–H and O–H groups in total. The van der Waals surface area contributed by atoms with Crippen molar-refractivity contribution in [1.29, 1.82) is 0 Å². The van der Waals surface area contributed by atoms with Crippen LogP contribution in [0.15, 0.2) is 54.6 Å². The van der Waals surface area contributed by atoms with E-state index >= 15 is 0 Å². The van der Waals surface area contributed by atoms with E-state index in [0.29, 0.717) is 16.3 Å². The van der Waals surface area contributed by atoms with Crippen LogP contribution in [-0.2, 0) is 0 Å². The summed E-state index contributed by atoms with van der Waals surface area (Å²) in [6.07, 6.45) is 0. The van der Waals surface area contributed by atoms with Gasteiger partial charge >= 0.3 is 5.97 Å². The highest BCUT2D eigenvalue weighted by Gasteiger charge is 2.15. The maximum atomic E-state index is 13.9. The predicted octanol–water partition coefficient (Wildman–Crippen LogP) is 4.65. The molecule has 0 atom stereocenters. The standard InChI is InChI=1S/C18H13FO2/c1-11-6-7-14(16(10-11)18(20)21)13-8-9-17(19)15-5-3-2-4-12(13)15/h2-10H,1H3,(H,20,21). The van der Waals surface area contributed by atoms with Crippen molar-refractivity contribution in [1.82, 2.24) is 0 Å². The Hall–Kier alpha value is -2.68. The van der Waals surface area contributed by atoms with Crippen LogP contribution in [0, 0.1) is 12.7 Å². The number of fused-ring (bicyclic) bond motifs is 1. The first kappa shape index (κ1) is 13.3. The second kappa shape index (κ2) is 5.02. The number of carboxylic acids is 1. The van der Waals surface area contributed by atoms with E-state index in [1.54, 1.807) is 36.4 Å². The van der Waals surface area contributed by atoms with Gasteiger partial charge in [0.1, 0.15) is 5.82 Å². The average Bonchev–Trinajstić information content (AvgIpc) is 2.48. The summed E-state index contributed by atoms with van der Waals surface area (Å²) in [5, 5.41) is 10.6. The van der Waals surface area contributed by atoms with E-state index in [4.69, 9.17) is 0 Å². The largest absolute Gasteiger partial charge is 0.478 e. The first-order valence-electron chi connectivity index (χ1n) is 6.59. The lowest BCUT2D eigenvalue weighted by Crippen LogP contribution is -2.00. The van der Waals surface area contributed by atoms with Gasteiger partial charge in [-0.3, -0.25) is 0 Å². The van der Waals surface area contributed by atoms with Crippen molar-refractivity contribution in [3.63, 3.8) is 0 Å². The third-order valence-electron chi connectivity index (χ3n) is 3.57. The monoisotopic (exact) mass is 280 g/mol. The first-order chi connectivity index (χ1) is 10.1. The van der Waals surface area contributed by atoms with E-state index in [-0.39, 0.29) is 11.4 Å². The zero-order chi connectivity index (χ0) is 15.0. The lowest BCUT2D eigenvalue weighted by molar-refractivity contribution is 0.0697. The number of halogens is 1. The molecule has 104 valence electrons. The molecule has 0 heterocycles. The van der Waals surface area contributed by atoms with Crippen LogP contribution >= 0.6 is 0 Å². The van der Waals surface area contributed by atoms with E-state index in [1.807, 2.05) is 19.1 Å². The van der Waals surface area contributed by atoms with Crippen molar-refractivity contribution in [3.8, 4) is 11.1 Å². The summed E-state index contributed by atoms with van der Waals surface area (Å²) in [6.45, 7) is 1.85. The predicted molar refractivity (Wildman–Crippen MR) is 81.0 cm³/mol. The molecular weight excluding hydrogens is 267 g/mol. The van der Waals surface area contributed by atoms with Gasteiger partial charge in [-0.15, -0.1) is 0 Å². The number of carboxylic acid groups (broad SMARTS) is 1. The second-order valence-electron chi connectivity index (χ2n) is 4.99. The Bertz CT molecular complexity index is 853. The maximum Gasteiger partial charge on any atom is 0.336 e. The normalized spacial score (nSPS) is 10.8. The zero-order valence-electron chi connectivity index (χ0n) is 11.4. The van der Waals surface area contributed by atoms with E-state index < -0.39 is 5.97 Å². The average molecular weight is 280 g/mol. The number of rotatable bonds is 2. The van der Waals surface area contributed by atoms with Gasteiger partial charge in [-0.25, -0.2) is 9.18 Å². The summed E-state index contributed by atoms with van der Waals surface area (Å²) in [5.41, 5.74) is 2.43. The Morgan fingerprint density at radius 1 is 0.952 bits per heavy atom. The van der Waals surface area contributed by atoms with Crippen molar-refractivity contribution in [3.05, 3.63) is 71.5 Å². The van der Waals surface area contributed by atoms with Crippen LogP contribution in [-0.4, -0.2) is 11.1 Å². The molecule has 0 aliphatic carbocycles. The van der Waals surface area contributed by atoms with Gasteiger partial charge in [0.05, 0.1) is 5.56 Å². The fraction of sp³-hybridized carbons (Fsp3) is 0.0556. The fourth-order valence-corrected chi connectivity index (χ4v) is 2.57. The molecular formula is C18H13FO2. The molecule has 3 heteroatoms.